The fourth-order valence-corrected chi connectivity index (χ4v) is 2.63. The monoisotopic (exact) mass is 389 g/mol. The molecule has 2 rings (SSSR count). The summed E-state index contributed by atoms with van der Waals surface area (Å²) in [5.74, 6) is -0.491. The molecule has 0 spiro atoms. The Morgan fingerprint density at radius 1 is 1.07 bits per heavy atom. The van der Waals surface area contributed by atoms with Gasteiger partial charge in [0.2, 0.25) is 0 Å². The summed E-state index contributed by atoms with van der Waals surface area (Å²) in [7, 11) is 1.51. The Balaban J connectivity index is 1.99. The number of esters is 1. The molecule has 5 nitrogen and oxygen atoms in total. The van der Waals surface area contributed by atoms with Crippen LogP contribution in [0.25, 0.3) is 0 Å². The lowest BCUT2D eigenvalue weighted by molar-refractivity contribution is -0.123. The highest BCUT2D eigenvalue weighted by molar-refractivity contribution is 6.32. The van der Waals surface area contributed by atoms with Crippen LogP contribution >= 0.6 is 11.6 Å². The first-order valence-corrected chi connectivity index (χ1v) is 8.95. The number of hydrogen-bond acceptors (Lipinski definition) is 4. The van der Waals surface area contributed by atoms with Gasteiger partial charge >= 0.3 is 5.97 Å². The number of nitrogens with one attached hydrogen (secondary N) is 1. The maximum atomic E-state index is 12.3. The minimum atomic E-state index is -0.958. The quantitative estimate of drug-likeness (QED) is 0.744. The second-order valence-electron chi connectivity index (χ2n) is 7.21. The van der Waals surface area contributed by atoms with E-state index >= 15 is 0 Å². The van der Waals surface area contributed by atoms with Gasteiger partial charge in [0.25, 0.3) is 5.91 Å². The third-order valence-corrected chi connectivity index (χ3v) is 4.35. The largest absolute Gasteiger partial charge is 0.495 e. The van der Waals surface area contributed by atoms with E-state index in [1.807, 2.05) is 12.1 Å². The molecule has 6 heteroatoms. The van der Waals surface area contributed by atoms with Crippen molar-refractivity contribution in [1.29, 1.82) is 0 Å². The third kappa shape index (κ3) is 5.47. The van der Waals surface area contributed by atoms with Crippen LogP contribution in [0.2, 0.25) is 5.02 Å². The summed E-state index contributed by atoms with van der Waals surface area (Å²) in [6, 6.07) is 12.1. The van der Waals surface area contributed by atoms with Crippen molar-refractivity contribution >= 4 is 29.2 Å². The Labute approximate surface area is 164 Å². The van der Waals surface area contributed by atoms with E-state index < -0.39 is 18.0 Å². The summed E-state index contributed by atoms with van der Waals surface area (Å²) in [4.78, 5) is 24.5. The van der Waals surface area contributed by atoms with Gasteiger partial charge in [-0.1, -0.05) is 44.5 Å². The first-order chi connectivity index (χ1) is 12.6. The maximum absolute atomic E-state index is 12.3. The fraction of sp³-hybridized carbons (Fsp3) is 0.333. The Bertz CT molecular complexity index is 825. The Morgan fingerprint density at radius 3 is 2.22 bits per heavy atom. The molecular weight excluding hydrogens is 366 g/mol. The van der Waals surface area contributed by atoms with Crippen molar-refractivity contribution in [3.05, 3.63) is 58.6 Å². The second kappa shape index (κ2) is 8.44. The lowest BCUT2D eigenvalue weighted by Crippen LogP contribution is -2.30. The number of carbonyl (C=O) groups excluding carboxylic acids is 2. The topological polar surface area (TPSA) is 64.6 Å². The van der Waals surface area contributed by atoms with Gasteiger partial charge in [-0.2, -0.15) is 0 Å². The van der Waals surface area contributed by atoms with Crippen LogP contribution in [-0.4, -0.2) is 25.1 Å². The number of rotatable bonds is 5. The highest BCUT2D eigenvalue weighted by atomic mass is 35.5. The fourth-order valence-electron chi connectivity index (χ4n) is 2.38. The van der Waals surface area contributed by atoms with Crippen molar-refractivity contribution in [3.63, 3.8) is 0 Å². The van der Waals surface area contributed by atoms with Crippen LogP contribution in [-0.2, 0) is 14.9 Å². The Kier molecular flexibility index (Phi) is 6.50. The predicted molar refractivity (Wildman–Crippen MR) is 107 cm³/mol. The number of halogens is 1. The van der Waals surface area contributed by atoms with Crippen LogP contribution in [0.1, 0.15) is 43.6 Å². The molecule has 0 heterocycles. The van der Waals surface area contributed by atoms with Gasteiger partial charge in [-0.05, 0) is 48.2 Å². The van der Waals surface area contributed by atoms with Gasteiger partial charge in [0.1, 0.15) is 5.75 Å². The molecule has 0 saturated carbocycles. The van der Waals surface area contributed by atoms with Crippen molar-refractivity contribution in [1.82, 2.24) is 0 Å². The van der Waals surface area contributed by atoms with Crippen LogP contribution in [0.4, 0.5) is 5.69 Å². The molecule has 2 aromatic carbocycles. The molecule has 1 atom stereocenters. The molecule has 0 aliphatic carbocycles. The van der Waals surface area contributed by atoms with Gasteiger partial charge in [0, 0.05) is 5.69 Å². The van der Waals surface area contributed by atoms with Crippen LogP contribution in [0.5, 0.6) is 5.75 Å². The van der Waals surface area contributed by atoms with Crippen molar-refractivity contribution in [2.75, 3.05) is 12.4 Å². The molecule has 0 fully saturated rings. The number of carbonyl (C=O) groups is 2. The molecule has 0 unspecified atom stereocenters. The third-order valence-electron chi connectivity index (χ3n) is 4.06. The lowest BCUT2D eigenvalue weighted by atomic mass is 9.87. The van der Waals surface area contributed by atoms with Gasteiger partial charge in [-0.15, -0.1) is 0 Å². The zero-order valence-electron chi connectivity index (χ0n) is 16.1. The SMILES string of the molecule is COc1ccc(NC(=O)[C@H](C)OC(=O)c2ccc(C(C)(C)C)cc2)cc1Cl. The summed E-state index contributed by atoms with van der Waals surface area (Å²) < 4.78 is 10.3. The molecule has 27 heavy (non-hydrogen) atoms. The van der Waals surface area contributed by atoms with Crippen LogP contribution in [0.15, 0.2) is 42.5 Å². The van der Waals surface area contributed by atoms with Gasteiger partial charge < -0.3 is 14.8 Å². The smallest absolute Gasteiger partial charge is 0.338 e. The minimum Gasteiger partial charge on any atom is -0.495 e. The zero-order valence-corrected chi connectivity index (χ0v) is 16.9. The van der Waals surface area contributed by atoms with Gasteiger partial charge in [0.15, 0.2) is 6.10 Å². The number of amides is 1. The number of ether oxygens (including phenoxy) is 2. The van der Waals surface area contributed by atoms with E-state index in [9.17, 15) is 9.59 Å². The molecule has 2 aromatic rings. The number of anilines is 1. The highest BCUT2D eigenvalue weighted by Crippen LogP contribution is 2.27. The summed E-state index contributed by atoms with van der Waals surface area (Å²) in [5.41, 5.74) is 1.99. The molecule has 144 valence electrons. The molecule has 1 N–H and O–H groups in total. The molecule has 0 aliphatic heterocycles. The average Bonchev–Trinajstić information content (AvgIpc) is 2.61. The van der Waals surface area contributed by atoms with E-state index in [2.05, 4.69) is 26.1 Å². The first-order valence-electron chi connectivity index (χ1n) is 8.57. The molecular formula is C21H24ClNO4. The molecule has 0 bridgehead atoms. The number of benzene rings is 2. The molecule has 0 saturated heterocycles. The summed E-state index contributed by atoms with van der Waals surface area (Å²) in [6.07, 6.45) is -0.958. The van der Waals surface area contributed by atoms with Crippen molar-refractivity contribution in [3.8, 4) is 5.75 Å². The van der Waals surface area contributed by atoms with E-state index in [-0.39, 0.29) is 5.41 Å². The Hall–Kier alpha value is -2.53. The lowest BCUT2D eigenvalue weighted by Gasteiger charge is -2.19. The predicted octanol–water partition coefficient (Wildman–Crippen LogP) is 4.83. The maximum Gasteiger partial charge on any atom is 0.338 e. The molecule has 0 radical (unpaired) electrons. The van der Waals surface area contributed by atoms with E-state index in [0.717, 1.165) is 5.56 Å². The van der Waals surface area contributed by atoms with Crippen molar-refractivity contribution < 1.29 is 19.1 Å². The summed E-state index contributed by atoms with van der Waals surface area (Å²) >= 11 is 6.04. The van der Waals surface area contributed by atoms with Crippen LogP contribution in [0, 0.1) is 0 Å². The molecule has 1 amide bonds. The minimum absolute atomic E-state index is 0.00471. The van der Waals surface area contributed by atoms with E-state index in [1.165, 1.54) is 14.0 Å². The normalized spacial score (nSPS) is 12.2. The van der Waals surface area contributed by atoms with E-state index in [0.29, 0.717) is 22.0 Å². The summed E-state index contributed by atoms with van der Waals surface area (Å²) in [6.45, 7) is 7.80. The number of methoxy groups -OCH3 is 1. The van der Waals surface area contributed by atoms with Gasteiger partial charge in [-0.25, -0.2) is 4.79 Å². The van der Waals surface area contributed by atoms with Gasteiger partial charge in [-0.3, -0.25) is 4.79 Å². The van der Waals surface area contributed by atoms with Crippen LogP contribution in [0.3, 0.4) is 0 Å². The van der Waals surface area contributed by atoms with E-state index in [1.54, 1.807) is 30.3 Å². The van der Waals surface area contributed by atoms with Crippen molar-refractivity contribution in [2.24, 2.45) is 0 Å². The average molecular weight is 390 g/mol. The van der Waals surface area contributed by atoms with Crippen molar-refractivity contribution in [2.45, 2.75) is 39.2 Å². The standard InChI is InChI=1S/C21H24ClNO4/c1-13(19(24)23-16-10-11-18(26-5)17(22)12-16)27-20(25)14-6-8-15(9-7-14)21(2,3)4/h6-13H,1-5H3,(H,23,24)/t13-/m0/s1. The first kappa shape index (κ1) is 20.8. The molecule has 0 aliphatic rings. The van der Waals surface area contributed by atoms with Crippen LogP contribution < -0.4 is 10.1 Å². The molecule has 0 aromatic heterocycles. The van der Waals surface area contributed by atoms with E-state index in [4.69, 9.17) is 21.1 Å². The highest BCUT2D eigenvalue weighted by Gasteiger charge is 2.20. The summed E-state index contributed by atoms with van der Waals surface area (Å²) in [5, 5.41) is 3.04. The second-order valence-corrected chi connectivity index (χ2v) is 7.62. The van der Waals surface area contributed by atoms with Gasteiger partial charge in [0.05, 0.1) is 17.7 Å². The zero-order chi connectivity index (χ0) is 20.2. The Morgan fingerprint density at radius 2 is 1.70 bits per heavy atom. The number of hydrogen-bond donors (Lipinski definition) is 1.